The van der Waals surface area contributed by atoms with Crippen LogP contribution in [0.2, 0.25) is 0 Å². The summed E-state index contributed by atoms with van der Waals surface area (Å²) >= 11 is 0. The van der Waals surface area contributed by atoms with E-state index in [1.165, 1.54) is 0 Å². The fourth-order valence-electron chi connectivity index (χ4n) is 1.85. The zero-order chi connectivity index (χ0) is 15.2. The highest BCUT2D eigenvalue weighted by atomic mass is 16.4. The Kier molecular flexibility index (Phi) is 11.9. The quantitative estimate of drug-likeness (QED) is 0.478. The number of aliphatic hydroxyl groups excluding tert-OH is 1. The van der Waals surface area contributed by atoms with Crippen LogP contribution in [0.5, 0.6) is 0 Å². The summed E-state index contributed by atoms with van der Waals surface area (Å²) in [5, 5.41) is 20.3. The number of carboxylic acids is 1. The van der Waals surface area contributed by atoms with Gasteiger partial charge in [0.25, 0.3) is 0 Å². The van der Waals surface area contributed by atoms with Gasteiger partial charge < -0.3 is 20.4 Å². The summed E-state index contributed by atoms with van der Waals surface area (Å²) in [7, 11) is 0. The van der Waals surface area contributed by atoms with Crippen LogP contribution in [0.1, 0.15) is 51.9 Å². The van der Waals surface area contributed by atoms with Gasteiger partial charge in [-0.1, -0.05) is 26.2 Å². The van der Waals surface area contributed by atoms with Gasteiger partial charge in [0.1, 0.15) is 0 Å². The van der Waals surface area contributed by atoms with Crippen LogP contribution in [0.3, 0.4) is 0 Å². The molecule has 0 heterocycles. The molecule has 0 aromatic rings. The van der Waals surface area contributed by atoms with E-state index >= 15 is 0 Å². The summed E-state index contributed by atoms with van der Waals surface area (Å²) in [6.45, 7) is 3.67. The van der Waals surface area contributed by atoms with Crippen molar-refractivity contribution in [1.82, 2.24) is 10.2 Å². The van der Waals surface area contributed by atoms with Crippen LogP contribution in [0.15, 0.2) is 0 Å². The molecule has 6 heteroatoms. The number of hydrogen-bond donors (Lipinski definition) is 3. The number of aliphatic carboxylic acids is 1. The van der Waals surface area contributed by atoms with Crippen molar-refractivity contribution < 1.29 is 19.8 Å². The highest BCUT2D eigenvalue weighted by molar-refractivity contribution is 5.74. The van der Waals surface area contributed by atoms with Crippen molar-refractivity contribution in [2.24, 2.45) is 0 Å². The van der Waals surface area contributed by atoms with Gasteiger partial charge in [-0.25, -0.2) is 4.79 Å². The second kappa shape index (κ2) is 12.7. The zero-order valence-electron chi connectivity index (χ0n) is 12.4. The molecule has 0 atom stereocenters. The molecular formula is C14H28N2O4. The maximum absolute atomic E-state index is 11.8. The molecule has 6 nitrogen and oxygen atoms in total. The predicted molar refractivity (Wildman–Crippen MR) is 77.7 cm³/mol. The van der Waals surface area contributed by atoms with Gasteiger partial charge in [-0.2, -0.15) is 0 Å². The summed E-state index contributed by atoms with van der Waals surface area (Å²) in [6.07, 6.45) is 5.50. The minimum atomic E-state index is -0.756. The lowest BCUT2D eigenvalue weighted by Gasteiger charge is -2.21. The lowest BCUT2D eigenvalue weighted by atomic mass is 10.1. The Morgan fingerprint density at radius 2 is 1.75 bits per heavy atom. The van der Waals surface area contributed by atoms with Crippen molar-refractivity contribution in [3.63, 3.8) is 0 Å². The van der Waals surface area contributed by atoms with Crippen molar-refractivity contribution in [2.75, 3.05) is 26.2 Å². The van der Waals surface area contributed by atoms with Gasteiger partial charge in [0.2, 0.25) is 0 Å². The topological polar surface area (TPSA) is 89.9 Å². The number of carboxylic acid groups (broad SMARTS) is 1. The molecule has 0 unspecified atom stereocenters. The molecule has 20 heavy (non-hydrogen) atoms. The number of rotatable bonds is 12. The zero-order valence-corrected chi connectivity index (χ0v) is 12.4. The molecule has 0 aliphatic heterocycles. The average Bonchev–Trinajstić information content (AvgIpc) is 2.41. The first-order valence-electron chi connectivity index (χ1n) is 7.47. The monoisotopic (exact) mass is 288 g/mol. The van der Waals surface area contributed by atoms with Crippen LogP contribution < -0.4 is 5.32 Å². The Labute approximate surface area is 121 Å². The van der Waals surface area contributed by atoms with Gasteiger partial charge in [0, 0.05) is 26.1 Å². The minimum absolute atomic E-state index is 0.0215. The molecule has 0 aliphatic carbocycles. The minimum Gasteiger partial charge on any atom is -0.481 e. The van der Waals surface area contributed by atoms with Crippen molar-refractivity contribution in [2.45, 2.75) is 51.9 Å². The molecule has 0 rings (SSSR count). The number of hydrogen-bond acceptors (Lipinski definition) is 3. The Bertz CT molecular complexity index is 272. The number of unbranched alkanes of at least 4 members (excludes halogenated alkanes) is 4. The summed E-state index contributed by atoms with van der Waals surface area (Å²) in [6, 6.07) is -0.127. The second-order valence-electron chi connectivity index (χ2n) is 4.85. The van der Waals surface area contributed by atoms with Crippen LogP contribution in [0.25, 0.3) is 0 Å². The van der Waals surface area contributed by atoms with Crippen molar-refractivity contribution >= 4 is 12.0 Å². The molecule has 2 amide bonds. The Balaban J connectivity index is 3.64. The third-order valence-corrected chi connectivity index (χ3v) is 3.03. The van der Waals surface area contributed by atoms with Gasteiger partial charge in [-0.05, 0) is 19.3 Å². The molecule has 0 radical (unpaired) electrons. The third-order valence-electron chi connectivity index (χ3n) is 3.03. The summed E-state index contributed by atoms with van der Waals surface area (Å²) in [5.41, 5.74) is 0. The molecule has 0 fully saturated rings. The molecular weight excluding hydrogens is 260 g/mol. The van der Waals surface area contributed by atoms with Gasteiger partial charge >= 0.3 is 12.0 Å². The van der Waals surface area contributed by atoms with Crippen LogP contribution in [0, 0.1) is 0 Å². The number of aliphatic hydroxyl groups is 1. The SMILES string of the molecule is CCCCN(CCO)C(=O)NCCCCCCC(=O)O. The number of amides is 2. The van der Waals surface area contributed by atoms with E-state index in [-0.39, 0.29) is 19.1 Å². The number of nitrogens with zero attached hydrogens (tertiary/aromatic N) is 1. The van der Waals surface area contributed by atoms with Crippen LogP contribution >= 0.6 is 0 Å². The van der Waals surface area contributed by atoms with Crippen molar-refractivity contribution in [1.29, 1.82) is 0 Å². The van der Waals surface area contributed by atoms with Crippen molar-refractivity contribution in [3.05, 3.63) is 0 Å². The molecule has 0 saturated heterocycles. The van der Waals surface area contributed by atoms with E-state index in [9.17, 15) is 9.59 Å². The van der Waals surface area contributed by atoms with E-state index in [2.05, 4.69) is 12.2 Å². The predicted octanol–water partition coefficient (Wildman–Crippen LogP) is 1.83. The van der Waals surface area contributed by atoms with Gasteiger partial charge in [0.15, 0.2) is 0 Å². The number of urea groups is 1. The number of nitrogens with one attached hydrogen (secondary N) is 1. The average molecular weight is 288 g/mol. The van der Waals surface area contributed by atoms with E-state index in [4.69, 9.17) is 10.2 Å². The normalized spacial score (nSPS) is 10.3. The Morgan fingerprint density at radius 3 is 2.35 bits per heavy atom. The number of carbonyl (C=O) groups is 2. The maximum atomic E-state index is 11.8. The first-order valence-corrected chi connectivity index (χ1v) is 7.47. The molecule has 0 aliphatic rings. The lowest BCUT2D eigenvalue weighted by molar-refractivity contribution is -0.137. The molecule has 0 saturated carbocycles. The number of carbonyl (C=O) groups excluding carboxylic acids is 1. The van der Waals surface area contributed by atoms with E-state index in [1.54, 1.807) is 4.90 Å². The third kappa shape index (κ3) is 10.6. The van der Waals surface area contributed by atoms with Crippen LogP contribution in [-0.4, -0.2) is 53.4 Å². The van der Waals surface area contributed by atoms with E-state index < -0.39 is 5.97 Å². The second-order valence-corrected chi connectivity index (χ2v) is 4.85. The summed E-state index contributed by atoms with van der Waals surface area (Å²) < 4.78 is 0. The lowest BCUT2D eigenvalue weighted by Crippen LogP contribution is -2.42. The first kappa shape index (κ1) is 18.7. The smallest absolute Gasteiger partial charge is 0.317 e. The van der Waals surface area contributed by atoms with E-state index in [0.29, 0.717) is 26.1 Å². The Morgan fingerprint density at radius 1 is 1.05 bits per heavy atom. The fraction of sp³-hybridized carbons (Fsp3) is 0.857. The summed E-state index contributed by atoms with van der Waals surface area (Å²) in [4.78, 5) is 23.8. The Hall–Kier alpha value is -1.30. The highest BCUT2D eigenvalue weighted by Crippen LogP contribution is 2.02. The maximum Gasteiger partial charge on any atom is 0.317 e. The molecule has 0 bridgehead atoms. The highest BCUT2D eigenvalue weighted by Gasteiger charge is 2.10. The fourth-order valence-corrected chi connectivity index (χ4v) is 1.85. The molecule has 118 valence electrons. The van der Waals surface area contributed by atoms with Gasteiger partial charge in [0.05, 0.1) is 6.61 Å². The first-order chi connectivity index (χ1) is 9.61. The molecule has 0 aromatic carbocycles. The van der Waals surface area contributed by atoms with E-state index in [1.807, 2.05) is 0 Å². The van der Waals surface area contributed by atoms with Crippen LogP contribution in [0.4, 0.5) is 4.79 Å². The molecule has 0 aromatic heterocycles. The molecule has 0 spiro atoms. The largest absolute Gasteiger partial charge is 0.481 e. The van der Waals surface area contributed by atoms with Crippen molar-refractivity contribution in [3.8, 4) is 0 Å². The van der Waals surface area contributed by atoms with Gasteiger partial charge in [-0.3, -0.25) is 4.79 Å². The van der Waals surface area contributed by atoms with Gasteiger partial charge in [-0.15, -0.1) is 0 Å². The van der Waals surface area contributed by atoms with Crippen LogP contribution in [-0.2, 0) is 4.79 Å². The molecule has 3 N–H and O–H groups in total. The standard InChI is InChI=1S/C14H28N2O4/c1-2-3-10-16(11-12-17)14(20)15-9-7-5-4-6-8-13(18)19/h17H,2-12H2,1H3,(H,15,20)(H,18,19). The summed E-state index contributed by atoms with van der Waals surface area (Å²) in [5.74, 6) is -0.756. The van der Waals surface area contributed by atoms with E-state index in [0.717, 1.165) is 32.1 Å².